The summed E-state index contributed by atoms with van der Waals surface area (Å²) in [4.78, 5) is 14.9. The fourth-order valence-corrected chi connectivity index (χ4v) is 3.00. The van der Waals surface area contributed by atoms with Crippen LogP contribution in [0.5, 0.6) is 0 Å². The van der Waals surface area contributed by atoms with E-state index in [9.17, 15) is 4.79 Å². The summed E-state index contributed by atoms with van der Waals surface area (Å²) in [6.45, 7) is 14.4. The van der Waals surface area contributed by atoms with Crippen molar-refractivity contribution in [3.05, 3.63) is 28.8 Å². The molecule has 0 fully saturated rings. The predicted molar refractivity (Wildman–Crippen MR) is 90.9 cm³/mol. The van der Waals surface area contributed by atoms with Gasteiger partial charge in [-0.15, -0.1) is 0 Å². The smallest absolute Gasteiger partial charge is 0.241 e. The second kappa shape index (κ2) is 8.18. The van der Waals surface area contributed by atoms with Gasteiger partial charge in [0.1, 0.15) is 0 Å². The molecule has 1 N–H and O–H groups in total. The molecule has 0 aliphatic rings. The van der Waals surface area contributed by atoms with Crippen molar-refractivity contribution in [2.75, 3.05) is 18.4 Å². The van der Waals surface area contributed by atoms with Gasteiger partial charge in [0.05, 0.1) is 6.04 Å². The average molecular weight is 290 g/mol. The third kappa shape index (κ3) is 4.57. The summed E-state index contributed by atoms with van der Waals surface area (Å²) >= 11 is 0. The quantitative estimate of drug-likeness (QED) is 0.821. The third-order valence-corrected chi connectivity index (χ3v) is 4.04. The molecule has 0 saturated carbocycles. The number of aryl methyl sites for hydroxylation is 3. The second-order valence-corrected chi connectivity index (χ2v) is 5.79. The molecule has 0 spiro atoms. The van der Waals surface area contributed by atoms with Gasteiger partial charge >= 0.3 is 0 Å². The van der Waals surface area contributed by atoms with E-state index in [4.69, 9.17) is 0 Å². The zero-order valence-electron chi connectivity index (χ0n) is 14.4. The first kappa shape index (κ1) is 17.7. The van der Waals surface area contributed by atoms with Gasteiger partial charge in [-0.2, -0.15) is 0 Å². The maximum Gasteiger partial charge on any atom is 0.241 e. The topological polar surface area (TPSA) is 32.3 Å². The van der Waals surface area contributed by atoms with E-state index >= 15 is 0 Å². The summed E-state index contributed by atoms with van der Waals surface area (Å²) in [7, 11) is 0. The van der Waals surface area contributed by atoms with Crippen LogP contribution < -0.4 is 5.32 Å². The highest BCUT2D eigenvalue weighted by atomic mass is 16.2. The number of hydrogen-bond acceptors (Lipinski definition) is 2. The number of nitrogens with zero attached hydrogens (tertiary/aromatic N) is 1. The molecule has 3 heteroatoms. The number of carbonyl (C=O) groups is 1. The van der Waals surface area contributed by atoms with E-state index in [1.165, 1.54) is 5.56 Å². The van der Waals surface area contributed by atoms with Gasteiger partial charge in [-0.05, 0) is 51.4 Å². The molecule has 0 aliphatic carbocycles. The Kier molecular flexibility index (Phi) is 6.90. The van der Waals surface area contributed by atoms with Gasteiger partial charge in [0.15, 0.2) is 0 Å². The van der Waals surface area contributed by atoms with Gasteiger partial charge < -0.3 is 5.32 Å². The van der Waals surface area contributed by atoms with Crippen LogP contribution in [0, 0.1) is 20.8 Å². The zero-order valence-corrected chi connectivity index (χ0v) is 14.4. The Bertz CT molecular complexity index is 455. The molecule has 0 saturated heterocycles. The van der Waals surface area contributed by atoms with Crippen molar-refractivity contribution >= 4 is 11.6 Å². The van der Waals surface area contributed by atoms with Crippen LogP contribution in [0.25, 0.3) is 0 Å². The van der Waals surface area contributed by atoms with E-state index in [0.29, 0.717) is 0 Å². The molecule has 118 valence electrons. The Morgan fingerprint density at radius 1 is 1.10 bits per heavy atom. The standard InChI is InChI=1S/C18H30N2O/c1-7-10-16(20(8-2)9-3)18(21)19-17-14(5)11-13(4)12-15(17)6/h11-12,16H,7-10H2,1-6H3,(H,19,21). The van der Waals surface area contributed by atoms with E-state index in [1.807, 2.05) is 0 Å². The summed E-state index contributed by atoms with van der Waals surface area (Å²) in [6, 6.07) is 4.20. The van der Waals surface area contributed by atoms with Crippen molar-refractivity contribution in [2.45, 2.75) is 60.4 Å². The summed E-state index contributed by atoms with van der Waals surface area (Å²) < 4.78 is 0. The molecule has 1 unspecified atom stereocenters. The first-order valence-corrected chi connectivity index (χ1v) is 8.07. The molecule has 0 heterocycles. The Morgan fingerprint density at radius 3 is 2.05 bits per heavy atom. The molecular weight excluding hydrogens is 260 g/mol. The average Bonchev–Trinajstić information content (AvgIpc) is 2.42. The maximum atomic E-state index is 12.7. The molecule has 1 aromatic carbocycles. The van der Waals surface area contributed by atoms with Crippen LogP contribution in [0.4, 0.5) is 5.69 Å². The SMILES string of the molecule is CCCC(C(=O)Nc1c(C)cc(C)cc1C)N(CC)CC. The van der Waals surface area contributed by atoms with Crippen LogP contribution in [0.1, 0.15) is 50.3 Å². The molecule has 1 atom stereocenters. The molecule has 1 rings (SSSR count). The zero-order chi connectivity index (χ0) is 16.0. The molecule has 3 nitrogen and oxygen atoms in total. The van der Waals surface area contributed by atoms with Crippen molar-refractivity contribution in [1.82, 2.24) is 4.90 Å². The van der Waals surface area contributed by atoms with E-state index < -0.39 is 0 Å². The number of hydrogen-bond donors (Lipinski definition) is 1. The number of carbonyl (C=O) groups excluding carboxylic acids is 1. The summed E-state index contributed by atoms with van der Waals surface area (Å²) in [5, 5.41) is 3.16. The highest BCUT2D eigenvalue weighted by molar-refractivity contribution is 5.96. The van der Waals surface area contributed by atoms with Crippen molar-refractivity contribution < 1.29 is 4.79 Å². The van der Waals surface area contributed by atoms with Crippen LogP contribution in [0.2, 0.25) is 0 Å². The third-order valence-electron chi connectivity index (χ3n) is 4.04. The predicted octanol–water partition coefficient (Wildman–Crippen LogP) is 4.06. The van der Waals surface area contributed by atoms with E-state index in [-0.39, 0.29) is 11.9 Å². The highest BCUT2D eigenvalue weighted by Gasteiger charge is 2.23. The van der Waals surface area contributed by atoms with Crippen molar-refractivity contribution in [1.29, 1.82) is 0 Å². The summed E-state index contributed by atoms with van der Waals surface area (Å²) in [5.74, 6) is 0.121. The van der Waals surface area contributed by atoms with Crippen LogP contribution in [-0.4, -0.2) is 29.9 Å². The summed E-state index contributed by atoms with van der Waals surface area (Å²) in [5.41, 5.74) is 4.47. The summed E-state index contributed by atoms with van der Waals surface area (Å²) in [6.07, 6.45) is 1.91. The minimum Gasteiger partial charge on any atom is -0.324 e. The Morgan fingerprint density at radius 2 is 1.62 bits per heavy atom. The van der Waals surface area contributed by atoms with Crippen LogP contribution in [0.3, 0.4) is 0 Å². The minimum absolute atomic E-state index is 0.0369. The lowest BCUT2D eigenvalue weighted by molar-refractivity contribution is -0.121. The fourth-order valence-electron chi connectivity index (χ4n) is 3.00. The minimum atomic E-state index is -0.0369. The number of amides is 1. The first-order valence-electron chi connectivity index (χ1n) is 8.07. The second-order valence-electron chi connectivity index (χ2n) is 5.79. The lowest BCUT2D eigenvalue weighted by Crippen LogP contribution is -2.44. The Balaban J connectivity index is 2.96. The van der Waals surface area contributed by atoms with Gasteiger partial charge in [0.25, 0.3) is 0 Å². The lowest BCUT2D eigenvalue weighted by atomic mass is 10.0. The maximum absolute atomic E-state index is 12.7. The number of nitrogens with one attached hydrogen (secondary N) is 1. The van der Waals surface area contributed by atoms with Gasteiger partial charge in [-0.1, -0.05) is 44.9 Å². The number of likely N-dealkylation sites (N-methyl/N-ethyl adjacent to an activating group) is 1. The molecule has 0 aromatic heterocycles. The normalized spacial score (nSPS) is 12.5. The van der Waals surface area contributed by atoms with Crippen LogP contribution >= 0.6 is 0 Å². The molecular formula is C18H30N2O. The largest absolute Gasteiger partial charge is 0.324 e. The van der Waals surface area contributed by atoms with E-state index in [0.717, 1.165) is 42.7 Å². The first-order chi connectivity index (χ1) is 9.94. The Hall–Kier alpha value is -1.35. The number of rotatable bonds is 7. The lowest BCUT2D eigenvalue weighted by Gasteiger charge is -2.29. The van der Waals surface area contributed by atoms with Crippen LogP contribution in [0.15, 0.2) is 12.1 Å². The van der Waals surface area contributed by atoms with Gasteiger partial charge in [0, 0.05) is 5.69 Å². The highest BCUT2D eigenvalue weighted by Crippen LogP contribution is 2.23. The van der Waals surface area contributed by atoms with Gasteiger partial charge in [-0.3, -0.25) is 9.69 Å². The number of benzene rings is 1. The molecule has 0 bridgehead atoms. The molecule has 21 heavy (non-hydrogen) atoms. The van der Waals surface area contributed by atoms with Crippen molar-refractivity contribution in [3.63, 3.8) is 0 Å². The van der Waals surface area contributed by atoms with E-state index in [1.54, 1.807) is 0 Å². The molecule has 1 amide bonds. The number of anilines is 1. The Labute approximate surface area is 129 Å². The van der Waals surface area contributed by atoms with Crippen molar-refractivity contribution in [3.8, 4) is 0 Å². The van der Waals surface area contributed by atoms with Gasteiger partial charge in [-0.25, -0.2) is 0 Å². The van der Waals surface area contributed by atoms with Gasteiger partial charge in [0.2, 0.25) is 5.91 Å². The van der Waals surface area contributed by atoms with Crippen molar-refractivity contribution in [2.24, 2.45) is 0 Å². The monoisotopic (exact) mass is 290 g/mol. The van der Waals surface area contributed by atoms with Crippen LogP contribution in [-0.2, 0) is 4.79 Å². The van der Waals surface area contributed by atoms with E-state index in [2.05, 4.69) is 63.9 Å². The fraction of sp³-hybridized carbons (Fsp3) is 0.611. The molecule has 0 aliphatic heterocycles. The molecule has 0 radical (unpaired) electrons. The molecule has 1 aromatic rings.